The predicted molar refractivity (Wildman–Crippen MR) is 107 cm³/mol. The van der Waals surface area contributed by atoms with Gasteiger partial charge in [0, 0.05) is 30.5 Å². The number of amides is 1. The van der Waals surface area contributed by atoms with E-state index < -0.39 is 0 Å². The van der Waals surface area contributed by atoms with Gasteiger partial charge < -0.3 is 10.2 Å². The number of hydrogen-bond acceptors (Lipinski definition) is 2. The number of rotatable bonds is 8. The minimum absolute atomic E-state index is 0.122. The lowest BCUT2D eigenvalue weighted by atomic mass is 10.0. The van der Waals surface area contributed by atoms with Crippen LogP contribution in [-0.2, 0) is 17.9 Å². The van der Waals surface area contributed by atoms with Crippen LogP contribution in [0.15, 0.2) is 48.5 Å². The number of likely N-dealkylation sites (tertiary alicyclic amines) is 1. The number of benzene rings is 2. The molecule has 1 aliphatic heterocycles. The van der Waals surface area contributed by atoms with Crippen LogP contribution in [0.3, 0.4) is 0 Å². The maximum atomic E-state index is 12.9. The molecule has 0 bridgehead atoms. The molecule has 0 aromatic heterocycles. The predicted octanol–water partition coefficient (Wildman–Crippen LogP) is 2.67. The van der Waals surface area contributed by atoms with Gasteiger partial charge in [-0.25, -0.2) is 4.39 Å². The number of hydrogen-bond donors (Lipinski definition) is 2. The fourth-order valence-corrected chi connectivity index (χ4v) is 3.69. The number of nitrogens with one attached hydrogen (secondary N) is 2. The minimum Gasteiger partial charge on any atom is -0.352 e. The van der Waals surface area contributed by atoms with Crippen molar-refractivity contribution in [3.63, 3.8) is 0 Å². The highest BCUT2D eigenvalue weighted by Crippen LogP contribution is 2.10. The van der Waals surface area contributed by atoms with Crippen molar-refractivity contribution in [1.82, 2.24) is 5.32 Å². The zero-order valence-electron chi connectivity index (χ0n) is 16.2. The van der Waals surface area contributed by atoms with Gasteiger partial charge in [0.05, 0.1) is 13.1 Å². The molecule has 1 heterocycles. The molecule has 0 aliphatic carbocycles. The third-order valence-corrected chi connectivity index (χ3v) is 5.34. The number of quaternary nitrogens is 1. The zero-order chi connectivity index (χ0) is 19.8. The maximum absolute atomic E-state index is 12.9. The molecule has 1 amide bonds. The second-order valence-corrected chi connectivity index (χ2v) is 7.46. The third kappa shape index (κ3) is 5.99. The summed E-state index contributed by atoms with van der Waals surface area (Å²) in [7, 11) is 0. The SMILES string of the molecule is O=C(CCC(=O)c1ccc(F)cc1)NCc1ccccc1C[NH+]1CCCCC1. The molecule has 1 saturated heterocycles. The first-order chi connectivity index (χ1) is 13.6. The summed E-state index contributed by atoms with van der Waals surface area (Å²) in [4.78, 5) is 25.9. The molecule has 4 nitrogen and oxygen atoms in total. The van der Waals surface area contributed by atoms with Gasteiger partial charge in [-0.3, -0.25) is 9.59 Å². The van der Waals surface area contributed by atoms with Gasteiger partial charge in [0.15, 0.2) is 5.78 Å². The molecule has 1 fully saturated rings. The van der Waals surface area contributed by atoms with Gasteiger partial charge in [0.2, 0.25) is 5.91 Å². The smallest absolute Gasteiger partial charge is 0.220 e. The van der Waals surface area contributed by atoms with E-state index in [1.54, 1.807) is 4.90 Å². The molecule has 3 rings (SSSR count). The Morgan fingerprint density at radius 3 is 2.29 bits per heavy atom. The summed E-state index contributed by atoms with van der Waals surface area (Å²) in [5, 5.41) is 2.93. The summed E-state index contributed by atoms with van der Waals surface area (Å²) >= 11 is 0. The van der Waals surface area contributed by atoms with E-state index in [0.717, 1.165) is 12.1 Å². The molecule has 0 saturated carbocycles. The van der Waals surface area contributed by atoms with Crippen LogP contribution in [0.2, 0.25) is 0 Å². The Hall–Kier alpha value is -2.53. The number of ketones is 1. The highest BCUT2D eigenvalue weighted by molar-refractivity contribution is 5.97. The Bertz CT molecular complexity index is 799. The van der Waals surface area contributed by atoms with Crippen molar-refractivity contribution in [3.8, 4) is 0 Å². The van der Waals surface area contributed by atoms with Gasteiger partial charge >= 0.3 is 0 Å². The fourth-order valence-electron chi connectivity index (χ4n) is 3.69. The molecule has 28 heavy (non-hydrogen) atoms. The molecule has 0 radical (unpaired) electrons. The lowest BCUT2D eigenvalue weighted by molar-refractivity contribution is -0.918. The summed E-state index contributed by atoms with van der Waals surface area (Å²) < 4.78 is 12.9. The van der Waals surface area contributed by atoms with E-state index in [9.17, 15) is 14.0 Å². The van der Waals surface area contributed by atoms with E-state index >= 15 is 0 Å². The maximum Gasteiger partial charge on any atom is 0.220 e. The van der Waals surface area contributed by atoms with Gasteiger partial charge in [-0.2, -0.15) is 0 Å². The number of carbonyl (C=O) groups is 2. The Labute approximate surface area is 165 Å². The van der Waals surface area contributed by atoms with E-state index in [1.807, 2.05) is 12.1 Å². The molecule has 2 aromatic carbocycles. The van der Waals surface area contributed by atoms with E-state index in [1.165, 1.54) is 62.2 Å². The first-order valence-corrected chi connectivity index (χ1v) is 10.1. The monoisotopic (exact) mass is 383 g/mol. The summed E-state index contributed by atoms with van der Waals surface area (Å²) in [6.07, 6.45) is 4.16. The summed E-state index contributed by atoms with van der Waals surface area (Å²) in [5.41, 5.74) is 2.85. The Morgan fingerprint density at radius 1 is 0.893 bits per heavy atom. The van der Waals surface area contributed by atoms with Crippen molar-refractivity contribution in [3.05, 3.63) is 71.0 Å². The van der Waals surface area contributed by atoms with E-state index in [2.05, 4.69) is 17.4 Å². The van der Waals surface area contributed by atoms with Crippen molar-refractivity contribution in [2.24, 2.45) is 0 Å². The molecule has 0 unspecified atom stereocenters. The lowest BCUT2D eigenvalue weighted by Crippen LogP contribution is -3.11. The average Bonchev–Trinajstić information content (AvgIpc) is 2.72. The third-order valence-electron chi connectivity index (χ3n) is 5.34. The van der Waals surface area contributed by atoms with Crippen molar-refractivity contribution in [2.75, 3.05) is 13.1 Å². The Kier molecular flexibility index (Phi) is 7.31. The molecule has 2 N–H and O–H groups in total. The van der Waals surface area contributed by atoms with Crippen LogP contribution in [0.1, 0.15) is 53.6 Å². The van der Waals surface area contributed by atoms with Gasteiger partial charge in [0.1, 0.15) is 12.4 Å². The molecule has 148 valence electrons. The fraction of sp³-hybridized carbons (Fsp3) is 0.391. The van der Waals surface area contributed by atoms with Gasteiger partial charge in [-0.05, 0) is 49.1 Å². The number of Topliss-reactive ketones (excluding diaryl/α,β-unsaturated/α-hetero) is 1. The first kappa shape index (κ1) is 20.2. The molecule has 1 aliphatic rings. The first-order valence-electron chi connectivity index (χ1n) is 10.1. The number of piperidine rings is 1. The largest absolute Gasteiger partial charge is 0.352 e. The summed E-state index contributed by atoms with van der Waals surface area (Å²) in [6, 6.07) is 13.7. The molecular formula is C23H28FN2O2+. The standard InChI is InChI=1S/C23H27FN2O2/c24-21-10-8-18(9-11-21)22(27)12-13-23(28)25-16-19-6-2-3-7-20(19)17-26-14-4-1-5-15-26/h2-3,6-11H,1,4-5,12-17H2,(H,25,28)/p+1. The van der Waals surface area contributed by atoms with Crippen LogP contribution >= 0.6 is 0 Å². The molecular weight excluding hydrogens is 355 g/mol. The normalized spacial score (nSPS) is 14.6. The van der Waals surface area contributed by atoms with Gasteiger partial charge in [-0.15, -0.1) is 0 Å². The van der Waals surface area contributed by atoms with Crippen LogP contribution in [0.4, 0.5) is 4.39 Å². The Balaban J connectivity index is 1.47. The van der Waals surface area contributed by atoms with E-state index in [0.29, 0.717) is 12.1 Å². The molecule has 0 spiro atoms. The van der Waals surface area contributed by atoms with Crippen molar-refractivity contribution < 1.29 is 18.9 Å². The zero-order valence-corrected chi connectivity index (χ0v) is 16.2. The highest BCUT2D eigenvalue weighted by Gasteiger charge is 2.16. The van der Waals surface area contributed by atoms with Crippen molar-refractivity contribution in [1.29, 1.82) is 0 Å². The Morgan fingerprint density at radius 2 is 1.57 bits per heavy atom. The topological polar surface area (TPSA) is 50.6 Å². The van der Waals surface area contributed by atoms with Gasteiger partial charge in [0.25, 0.3) is 0 Å². The number of carbonyl (C=O) groups excluding carboxylic acids is 2. The summed E-state index contributed by atoms with van der Waals surface area (Å²) in [6.45, 7) is 3.90. The van der Waals surface area contributed by atoms with E-state index in [-0.39, 0.29) is 30.3 Å². The van der Waals surface area contributed by atoms with Crippen molar-refractivity contribution >= 4 is 11.7 Å². The quantitative estimate of drug-likeness (QED) is 0.689. The molecule has 5 heteroatoms. The summed E-state index contributed by atoms with van der Waals surface area (Å²) in [5.74, 6) is -0.667. The van der Waals surface area contributed by atoms with Crippen LogP contribution in [0.25, 0.3) is 0 Å². The van der Waals surface area contributed by atoms with Crippen LogP contribution in [0.5, 0.6) is 0 Å². The van der Waals surface area contributed by atoms with Gasteiger partial charge in [-0.1, -0.05) is 24.3 Å². The molecule has 2 aromatic rings. The highest BCUT2D eigenvalue weighted by atomic mass is 19.1. The van der Waals surface area contributed by atoms with Crippen molar-refractivity contribution in [2.45, 2.75) is 45.2 Å². The number of halogens is 1. The van der Waals surface area contributed by atoms with Crippen LogP contribution < -0.4 is 10.2 Å². The lowest BCUT2D eigenvalue weighted by Gasteiger charge is -2.24. The molecule has 0 atom stereocenters. The second-order valence-electron chi connectivity index (χ2n) is 7.46. The second kappa shape index (κ2) is 10.1. The van der Waals surface area contributed by atoms with E-state index in [4.69, 9.17) is 0 Å². The minimum atomic E-state index is -0.376. The average molecular weight is 383 g/mol. The van der Waals surface area contributed by atoms with Crippen LogP contribution in [0, 0.1) is 5.82 Å². The van der Waals surface area contributed by atoms with Crippen LogP contribution in [-0.4, -0.2) is 24.8 Å².